The maximum atomic E-state index is 13.9. The molecule has 3 N–H and O–H groups in total. The first-order valence-corrected chi connectivity index (χ1v) is 17.1. The molecule has 236 valence electrons. The molecule has 1 saturated carbocycles. The van der Waals surface area contributed by atoms with Crippen molar-refractivity contribution in [3.05, 3.63) is 110 Å². The maximum absolute atomic E-state index is 13.9. The van der Waals surface area contributed by atoms with E-state index in [9.17, 15) is 14.7 Å². The lowest BCUT2D eigenvalue weighted by Crippen LogP contribution is -2.50. The van der Waals surface area contributed by atoms with Gasteiger partial charge in [0, 0.05) is 40.8 Å². The number of benzene rings is 1. The predicted molar refractivity (Wildman–Crippen MR) is 181 cm³/mol. The molecule has 1 aromatic carbocycles. The number of hydrogen-bond acceptors (Lipinski definition) is 6. The Morgan fingerprint density at radius 3 is 2.58 bits per heavy atom. The highest BCUT2D eigenvalue weighted by Crippen LogP contribution is 2.54. The van der Waals surface area contributed by atoms with E-state index in [0.29, 0.717) is 35.2 Å². The van der Waals surface area contributed by atoms with Crippen LogP contribution in [0.2, 0.25) is 0 Å². The van der Waals surface area contributed by atoms with Crippen LogP contribution in [-0.4, -0.2) is 39.3 Å². The number of aliphatic hydroxyl groups excluding tert-OH is 1. The average molecular weight is 625 g/mol. The number of carbonyl (C=O) groups excluding carboxylic acids is 1. The summed E-state index contributed by atoms with van der Waals surface area (Å²) in [6.45, 7) is 6.41. The van der Waals surface area contributed by atoms with Crippen LogP contribution < -0.4 is 16.2 Å². The van der Waals surface area contributed by atoms with Crippen LogP contribution in [0.3, 0.4) is 0 Å². The van der Waals surface area contributed by atoms with Crippen molar-refractivity contribution in [2.24, 2.45) is 5.41 Å². The highest BCUT2D eigenvalue weighted by Gasteiger charge is 2.44. The van der Waals surface area contributed by atoms with E-state index in [2.05, 4.69) is 28.6 Å². The van der Waals surface area contributed by atoms with Crippen molar-refractivity contribution in [1.29, 1.82) is 0 Å². The molecule has 1 amide bonds. The number of carbonyl (C=O) groups is 1. The predicted octanol–water partition coefficient (Wildman–Crippen LogP) is 6.26. The molecule has 0 aliphatic heterocycles. The Hall–Kier alpha value is -3.59. The van der Waals surface area contributed by atoms with Gasteiger partial charge in [0.15, 0.2) is 0 Å². The minimum Gasteiger partial charge on any atom is -0.390 e. The smallest absolute Gasteiger partial charge is 0.260 e. The molecule has 45 heavy (non-hydrogen) atoms. The van der Waals surface area contributed by atoms with Crippen LogP contribution in [0.25, 0.3) is 11.3 Å². The minimum atomic E-state index is -0.826. The fraction of sp³-hybridized carbons (Fsp3) is 0.432. The zero-order chi connectivity index (χ0) is 31.6. The number of fused-ring (bicyclic) bond motifs is 1. The molecule has 0 radical (unpaired) electrons. The van der Waals surface area contributed by atoms with E-state index < -0.39 is 12.1 Å². The molecule has 7 nitrogen and oxygen atoms in total. The van der Waals surface area contributed by atoms with Crippen molar-refractivity contribution in [1.82, 2.24) is 20.2 Å². The molecule has 0 saturated heterocycles. The van der Waals surface area contributed by atoms with Crippen LogP contribution in [-0.2, 0) is 19.3 Å². The number of aryl methyl sites for hydroxylation is 1. The zero-order valence-electron chi connectivity index (χ0n) is 26.5. The third kappa shape index (κ3) is 6.83. The fourth-order valence-electron chi connectivity index (χ4n) is 6.93. The molecule has 0 bridgehead atoms. The van der Waals surface area contributed by atoms with E-state index in [1.54, 1.807) is 35.2 Å². The number of pyridine rings is 2. The summed E-state index contributed by atoms with van der Waals surface area (Å²) in [4.78, 5) is 34.5. The topological polar surface area (TPSA) is 96.2 Å². The van der Waals surface area contributed by atoms with Crippen molar-refractivity contribution >= 4 is 17.2 Å². The number of rotatable bonds is 11. The Morgan fingerprint density at radius 2 is 1.91 bits per heavy atom. The molecule has 1 spiro atoms. The standard InChI is InChI=1S/C37H44N4O3S/c1-4-27-19-28-32(20-37(14-10-15-37)21-34(28)45-27)39-22-33(42)31(17-25-11-6-5-7-12-25)40-35(43)26-18-29(30-13-8-9-16-38-30)36(44)41(23-26)24(2)3/h5-9,11-13,16,18-19,23-24,31-33,39,42H,4,10,14-15,17,20-22H2,1-3H3,(H,40,43)/t31-,32-,33+/m0/s1. The number of hydrogen-bond donors (Lipinski definition) is 3. The van der Waals surface area contributed by atoms with Crippen molar-refractivity contribution in [2.75, 3.05) is 6.54 Å². The number of aromatic nitrogens is 2. The van der Waals surface area contributed by atoms with Gasteiger partial charge in [0.25, 0.3) is 11.5 Å². The molecule has 3 aromatic heterocycles. The van der Waals surface area contributed by atoms with Gasteiger partial charge in [0.2, 0.25) is 0 Å². The molecular formula is C37H44N4O3S. The second kappa shape index (κ2) is 13.4. The quantitative estimate of drug-likeness (QED) is 0.183. The number of thiophene rings is 1. The van der Waals surface area contributed by atoms with Crippen molar-refractivity contribution in [3.8, 4) is 11.3 Å². The van der Waals surface area contributed by atoms with E-state index in [1.165, 1.54) is 41.0 Å². The van der Waals surface area contributed by atoms with Gasteiger partial charge in [-0.1, -0.05) is 49.7 Å². The number of nitrogens with zero attached hydrogens (tertiary/aromatic N) is 2. The monoisotopic (exact) mass is 624 g/mol. The van der Waals surface area contributed by atoms with Crippen molar-refractivity contribution in [3.63, 3.8) is 0 Å². The van der Waals surface area contributed by atoms with Gasteiger partial charge in [-0.15, -0.1) is 11.3 Å². The first-order valence-electron chi connectivity index (χ1n) is 16.3. The van der Waals surface area contributed by atoms with Crippen LogP contribution in [0.15, 0.2) is 77.9 Å². The lowest BCUT2D eigenvalue weighted by atomic mass is 9.60. The maximum Gasteiger partial charge on any atom is 0.260 e. The van der Waals surface area contributed by atoms with Gasteiger partial charge < -0.3 is 20.3 Å². The van der Waals surface area contributed by atoms with Gasteiger partial charge in [-0.3, -0.25) is 14.6 Å². The number of aliphatic hydroxyl groups is 1. The van der Waals surface area contributed by atoms with Gasteiger partial charge in [0.1, 0.15) is 0 Å². The highest BCUT2D eigenvalue weighted by atomic mass is 32.1. The summed E-state index contributed by atoms with van der Waals surface area (Å²) in [5.74, 6) is -0.333. The van der Waals surface area contributed by atoms with E-state index in [0.717, 1.165) is 18.4 Å². The first kappa shape index (κ1) is 31.4. The summed E-state index contributed by atoms with van der Waals surface area (Å²) < 4.78 is 1.57. The van der Waals surface area contributed by atoms with Gasteiger partial charge in [-0.05, 0) is 93.2 Å². The van der Waals surface area contributed by atoms with Gasteiger partial charge in [0.05, 0.1) is 29.0 Å². The summed E-state index contributed by atoms with van der Waals surface area (Å²) in [5.41, 5.74) is 3.86. The van der Waals surface area contributed by atoms with E-state index >= 15 is 0 Å². The van der Waals surface area contributed by atoms with E-state index in [1.807, 2.05) is 61.6 Å². The summed E-state index contributed by atoms with van der Waals surface area (Å²) in [7, 11) is 0. The largest absolute Gasteiger partial charge is 0.390 e. The molecule has 2 aliphatic carbocycles. The fourth-order valence-corrected chi connectivity index (χ4v) is 8.27. The molecule has 8 heteroatoms. The second-order valence-electron chi connectivity index (χ2n) is 13.1. The zero-order valence-corrected chi connectivity index (χ0v) is 27.3. The SMILES string of the molecule is CCc1cc2c(s1)CC1(CCC1)C[C@@H]2NC[C@@H](O)[C@H](Cc1ccccc1)NC(=O)c1cc(-c2ccccn2)c(=O)n(C(C)C)c1. The minimum absolute atomic E-state index is 0.146. The molecule has 0 unspecified atom stereocenters. The summed E-state index contributed by atoms with van der Waals surface area (Å²) in [5, 5.41) is 18.6. The van der Waals surface area contributed by atoms with Gasteiger partial charge >= 0.3 is 0 Å². The number of amides is 1. The van der Waals surface area contributed by atoms with Gasteiger partial charge in [-0.25, -0.2) is 0 Å². The lowest BCUT2D eigenvalue weighted by Gasteiger charge is -2.47. The third-order valence-electron chi connectivity index (χ3n) is 9.66. The van der Waals surface area contributed by atoms with E-state index in [-0.39, 0.29) is 23.6 Å². The van der Waals surface area contributed by atoms with Crippen molar-refractivity contribution < 1.29 is 9.90 Å². The Kier molecular flexibility index (Phi) is 9.36. The first-order chi connectivity index (χ1) is 21.7. The Balaban J connectivity index is 1.24. The Morgan fingerprint density at radius 1 is 1.13 bits per heavy atom. The number of nitrogens with one attached hydrogen (secondary N) is 2. The summed E-state index contributed by atoms with van der Waals surface area (Å²) >= 11 is 1.95. The van der Waals surface area contributed by atoms with Crippen LogP contribution in [0.4, 0.5) is 0 Å². The molecule has 3 atom stereocenters. The average Bonchev–Trinajstić information content (AvgIpc) is 3.46. The normalized spacial score (nSPS) is 18.3. The van der Waals surface area contributed by atoms with Crippen LogP contribution in [0.5, 0.6) is 0 Å². The summed E-state index contributed by atoms with van der Waals surface area (Å²) in [6.07, 6.45) is 10.1. The Bertz CT molecular complexity index is 1680. The van der Waals surface area contributed by atoms with Crippen LogP contribution in [0, 0.1) is 5.41 Å². The molecular weight excluding hydrogens is 580 g/mol. The highest BCUT2D eigenvalue weighted by molar-refractivity contribution is 7.12. The molecule has 3 heterocycles. The molecule has 4 aromatic rings. The van der Waals surface area contributed by atoms with Gasteiger partial charge in [-0.2, -0.15) is 0 Å². The second-order valence-corrected chi connectivity index (χ2v) is 14.4. The molecule has 1 fully saturated rings. The molecule has 2 aliphatic rings. The molecule has 6 rings (SSSR count). The van der Waals surface area contributed by atoms with Crippen molar-refractivity contribution in [2.45, 2.75) is 89.9 Å². The Labute approximate surface area is 269 Å². The lowest BCUT2D eigenvalue weighted by molar-refractivity contribution is 0.0738. The third-order valence-corrected chi connectivity index (χ3v) is 11.0. The summed E-state index contributed by atoms with van der Waals surface area (Å²) in [6, 6.07) is 18.8. The van der Waals surface area contributed by atoms with E-state index in [4.69, 9.17) is 0 Å². The van der Waals surface area contributed by atoms with Crippen LogP contribution in [0.1, 0.15) is 89.8 Å². The van der Waals surface area contributed by atoms with Crippen LogP contribution >= 0.6 is 11.3 Å².